The van der Waals surface area contributed by atoms with E-state index in [2.05, 4.69) is 36.8 Å². The van der Waals surface area contributed by atoms with Crippen molar-refractivity contribution in [1.82, 2.24) is 10.2 Å². The number of hydrogen-bond acceptors (Lipinski definition) is 3. The van der Waals surface area contributed by atoms with Crippen LogP contribution in [0.25, 0.3) is 11.1 Å². The fourth-order valence-electron chi connectivity index (χ4n) is 2.12. The van der Waals surface area contributed by atoms with Gasteiger partial charge in [-0.2, -0.15) is 5.10 Å². The van der Waals surface area contributed by atoms with Crippen LogP contribution in [-0.2, 0) is 4.74 Å². The molecule has 2 rings (SSSR count). The van der Waals surface area contributed by atoms with E-state index in [9.17, 15) is 0 Å². The Hall–Kier alpha value is -1.59. The summed E-state index contributed by atoms with van der Waals surface area (Å²) in [5.74, 6) is 0. The van der Waals surface area contributed by atoms with Gasteiger partial charge in [-0.15, -0.1) is 0 Å². The number of nitrogens with one attached hydrogen (secondary N) is 1. The van der Waals surface area contributed by atoms with Gasteiger partial charge in [0.25, 0.3) is 0 Å². The minimum Gasteiger partial charge on any atom is -0.399 e. The number of aromatic amines is 1. The molecule has 0 aliphatic heterocycles. The Morgan fingerprint density at radius 1 is 1.24 bits per heavy atom. The fourth-order valence-corrected chi connectivity index (χ4v) is 2.85. The quantitative estimate of drug-likeness (QED) is 0.624. The van der Waals surface area contributed by atoms with Gasteiger partial charge in [-0.3, -0.25) is 5.10 Å². The van der Waals surface area contributed by atoms with Crippen LogP contribution in [0.1, 0.15) is 18.7 Å². The minimum atomic E-state index is -1.06. The van der Waals surface area contributed by atoms with Gasteiger partial charge >= 0.3 is 0 Å². The molecule has 0 aliphatic rings. The highest BCUT2D eigenvalue weighted by Gasteiger charge is 2.17. The first-order chi connectivity index (χ1) is 9.87. The highest BCUT2D eigenvalue weighted by Crippen LogP contribution is 2.29. The predicted octanol–water partition coefficient (Wildman–Crippen LogP) is 4.07. The summed E-state index contributed by atoms with van der Waals surface area (Å²) in [6.07, 6.45) is 1.86. The number of hydrogen-bond donors (Lipinski definition) is 2. The number of anilines is 1. The second-order valence-corrected chi connectivity index (χ2v) is 12.3. The molecule has 1 atom stereocenters. The molecule has 0 aliphatic carbocycles. The van der Waals surface area contributed by atoms with E-state index in [0.29, 0.717) is 0 Å². The summed E-state index contributed by atoms with van der Waals surface area (Å²) in [5.41, 5.74) is 9.71. The average Bonchev–Trinajstić information content (AvgIpc) is 2.87. The smallest absolute Gasteiger partial charge is 0.0966 e. The second-order valence-electron chi connectivity index (χ2n) is 6.64. The summed E-state index contributed by atoms with van der Waals surface area (Å²) < 4.78 is 5.99. The number of nitrogens with zero attached hydrogens (tertiary/aromatic N) is 1. The zero-order chi connectivity index (χ0) is 15.5. The molecule has 1 aromatic heterocycles. The van der Waals surface area contributed by atoms with E-state index in [1.807, 2.05) is 30.5 Å². The zero-order valence-corrected chi connectivity index (χ0v) is 14.3. The molecule has 21 heavy (non-hydrogen) atoms. The summed E-state index contributed by atoms with van der Waals surface area (Å²) in [6.45, 7) is 9.95. The fraction of sp³-hybridized carbons (Fsp3) is 0.438. The first kappa shape index (κ1) is 15.8. The van der Waals surface area contributed by atoms with Crippen LogP contribution in [-0.4, -0.2) is 24.9 Å². The maximum Gasteiger partial charge on any atom is 0.0966 e. The van der Waals surface area contributed by atoms with Crippen LogP contribution in [0.15, 0.2) is 30.5 Å². The molecule has 0 spiro atoms. The molecule has 0 amide bonds. The van der Waals surface area contributed by atoms with Gasteiger partial charge in [-0.05, 0) is 30.7 Å². The third-order valence-electron chi connectivity index (χ3n) is 3.52. The number of aromatic nitrogens is 2. The molecular formula is C16H25N3OSi. The zero-order valence-electron chi connectivity index (χ0n) is 13.3. The molecule has 114 valence electrons. The summed E-state index contributed by atoms with van der Waals surface area (Å²) in [7, 11) is -1.06. The van der Waals surface area contributed by atoms with E-state index in [0.717, 1.165) is 29.1 Å². The van der Waals surface area contributed by atoms with E-state index >= 15 is 0 Å². The molecule has 0 saturated carbocycles. The van der Waals surface area contributed by atoms with Crippen molar-refractivity contribution in [3.63, 3.8) is 0 Å². The van der Waals surface area contributed by atoms with Gasteiger partial charge in [0.2, 0.25) is 0 Å². The minimum absolute atomic E-state index is 0.0106. The second kappa shape index (κ2) is 6.45. The van der Waals surface area contributed by atoms with Crippen LogP contribution in [0.4, 0.5) is 5.69 Å². The van der Waals surface area contributed by atoms with Gasteiger partial charge in [-0.25, -0.2) is 0 Å². The van der Waals surface area contributed by atoms with Crippen molar-refractivity contribution in [3.8, 4) is 11.1 Å². The Balaban J connectivity index is 2.07. The molecule has 5 heteroatoms. The third-order valence-corrected chi connectivity index (χ3v) is 5.22. The molecule has 0 bridgehead atoms. The maximum absolute atomic E-state index is 5.99. The van der Waals surface area contributed by atoms with Crippen LogP contribution >= 0.6 is 0 Å². The lowest BCUT2D eigenvalue weighted by Crippen LogP contribution is -2.22. The van der Waals surface area contributed by atoms with E-state index in [1.165, 1.54) is 6.04 Å². The van der Waals surface area contributed by atoms with Crippen molar-refractivity contribution in [2.45, 2.75) is 38.7 Å². The SMILES string of the molecule is CC(OCC[Si](C)(C)C)c1[nH]ncc1-c1ccc(N)cc1. The first-order valence-electron chi connectivity index (χ1n) is 7.37. The molecule has 1 heterocycles. The van der Waals surface area contributed by atoms with Gasteiger partial charge in [0, 0.05) is 25.9 Å². The van der Waals surface area contributed by atoms with E-state index in [4.69, 9.17) is 10.5 Å². The molecule has 0 saturated heterocycles. The van der Waals surface area contributed by atoms with E-state index < -0.39 is 8.07 Å². The topological polar surface area (TPSA) is 63.9 Å². The number of ether oxygens (including phenoxy) is 1. The normalized spacial score (nSPS) is 13.3. The van der Waals surface area contributed by atoms with Crippen LogP contribution in [0.5, 0.6) is 0 Å². The number of nitrogen functional groups attached to an aromatic ring is 1. The van der Waals surface area contributed by atoms with E-state index in [1.54, 1.807) is 0 Å². The van der Waals surface area contributed by atoms with Gasteiger partial charge < -0.3 is 10.5 Å². The molecule has 2 aromatic rings. The lowest BCUT2D eigenvalue weighted by Gasteiger charge is -2.18. The summed E-state index contributed by atoms with van der Waals surface area (Å²) in [5, 5.41) is 7.24. The Kier molecular flexibility index (Phi) is 4.85. The summed E-state index contributed by atoms with van der Waals surface area (Å²) in [6, 6.07) is 9.01. The number of H-pyrrole nitrogens is 1. The molecule has 1 aromatic carbocycles. The van der Waals surface area contributed by atoms with Gasteiger partial charge in [0.1, 0.15) is 0 Å². The first-order valence-corrected chi connectivity index (χ1v) is 11.1. The molecule has 0 radical (unpaired) electrons. The Labute approximate surface area is 127 Å². The monoisotopic (exact) mass is 303 g/mol. The summed E-state index contributed by atoms with van der Waals surface area (Å²) in [4.78, 5) is 0. The van der Waals surface area contributed by atoms with Gasteiger partial charge in [0.15, 0.2) is 0 Å². The van der Waals surface area contributed by atoms with E-state index in [-0.39, 0.29) is 6.10 Å². The maximum atomic E-state index is 5.99. The van der Waals surface area contributed by atoms with Crippen LogP contribution in [0.3, 0.4) is 0 Å². The largest absolute Gasteiger partial charge is 0.399 e. The van der Waals surface area contributed by atoms with Crippen LogP contribution in [0, 0.1) is 0 Å². The molecule has 1 unspecified atom stereocenters. The Morgan fingerprint density at radius 2 is 1.90 bits per heavy atom. The average molecular weight is 303 g/mol. The van der Waals surface area contributed by atoms with Crippen molar-refractivity contribution in [3.05, 3.63) is 36.2 Å². The molecule has 0 fully saturated rings. The van der Waals surface area contributed by atoms with Crippen molar-refractivity contribution >= 4 is 13.8 Å². The molecular weight excluding hydrogens is 278 g/mol. The Morgan fingerprint density at radius 3 is 2.52 bits per heavy atom. The van der Waals surface area contributed by atoms with Crippen molar-refractivity contribution in [2.24, 2.45) is 0 Å². The van der Waals surface area contributed by atoms with Crippen LogP contribution in [0.2, 0.25) is 25.7 Å². The van der Waals surface area contributed by atoms with Crippen molar-refractivity contribution < 1.29 is 4.74 Å². The van der Waals surface area contributed by atoms with Gasteiger partial charge in [0.05, 0.1) is 18.0 Å². The Bertz CT molecular complexity index is 572. The molecule has 4 nitrogen and oxygen atoms in total. The third kappa shape index (κ3) is 4.44. The molecule has 3 N–H and O–H groups in total. The predicted molar refractivity (Wildman–Crippen MR) is 91.0 cm³/mol. The lowest BCUT2D eigenvalue weighted by atomic mass is 10.0. The number of nitrogens with two attached hydrogens (primary N) is 1. The summed E-state index contributed by atoms with van der Waals surface area (Å²) >= 11 is 0. The highest BCUT2D eigenvalue weighted by atomic mass is 28.3. The van der Waals surface area contributed by atoms with Gasteiger partial charge in [-0.1, -0.05) is 31.8 Å². The highest BCUT2D eigenvalue weighted by molar-refractivity contribution is 6.76. The number of benzene rings is 1. The standard InChI is InChI=1S/C16H25N3OSi/c1-12(20-9-10-21(2,3)4)16-15(11-18-19-16)13-5-7-14(17)8-6-13/h5-8,11-12H,9-10,17H2,1-4H3,(H,18,19). The van der Waals surface area contributed by atoms with Crippen LogP contribution < -0.4 is 5.73 Å². The van der Waals surface area contributed by atoms with Crippen molar-refractivity contribution in [2.75, 3.05) is 12.3 Å². The lowest BCUT2D eigenvalue weighted by molar-refractivity contribution is 0.0731. The number of rotatable bonds is 6. The van der Waals surface area contributed by atoms with Crippen molar-refractivity contribution in [1.29, 1.82) is 0 Å².